The van der Waals surface area contributed by atoms with Gasteiger partial charge in [-0.2, -0.15) is 4.98 Å². The molecule has 6 heteroatoms. The predicted octanol–water partition coefficient (Wildman–Crippen LogP) is 1.17. The topological polar surface area (TPSA) is 86.5 Å². The summed E-state index contributed by atoms with van der Waals surface area (Å²) in [6.07, 6.45) is 7.20. The maximum atomic E-state index is 11.6. The first-order valence-electron chi connectivity index (χ1n) is 5.68. The molecule has 0 unspecified atom stereocenters. The summed E-state index contributed by atoms with van der Waals surface area (Å²) in [6.45, 7) is 0.735. The maximum Gasteiger partial charge on any atom is 0.278 e. The molecule has 88 valence electrons. The van der Waals surface area contributed by atoms with Crippen molar-refractivity contribution in [2.24, 2.45) is 0 Å². The quantitative estimate of drug-likeness (QED) is 0.692. The Labute approximate surface area is 97.2 Å². The average Bonchev–Trinajstić information content (AvgIpc) is 2.97. The van der Waals surface area contributed by atoms with Crippen LogP contribution in [0.25, 0.3) is 11.2 Å². The first-order chi connectivity index (χ1) is 8.33. The van der Waals surface area contributed by atoms with E-state index in [0.717, 1.165) is 19.4 Å². The number of aromatic nitrogens is 4. The Balaban J connectivity index is 1.82. The highest BCUT2D eigenvalue weighted by Crippen LogP contribution is 2.17. The molecule has 0 aromatic carbocycles. The summed E-state index contributed by atoms with van der Waals surface area (Å²) in [5, 5.41) is 3.12. The van der Waals surface area contributed by atoms with E-state index in [2.05, 4.69) is 31.3 Å². The lowest BCUT2D eigenvalue weighted by Gasteiger charge is -2.05. The summed E-state index contributed by atoms with van der Waals surface area (Å²) < 4.78 is 0. The van der Waals surface area contributed by atoms with Gasteiger partial charge in [0.1, 0.15) is 0 Å². The Hall–Kier alpha value is -2.11. The van der Waals surface area contributed by atoms with Crippen molar-refractivity contribution >= 4 is 17.1 Å². The molecule has 3 N–H and O–H groups in total. The second-order valence-electron chi connectivity index (χ2n) is 4.12. The molecule has 2 aromatic heterocycles. The van der Waals surface area contributed by atoms with Gasteiger partial charge in [-0.05, 0) is 19.3 Å². The molecule has 6 nitrogen and oxygen atoms in total. The van der Waals surface area contributed by atoms with Crippen molar-refractivity contribution < 1.29 is 0 Å². The molecule has 0 radical (unpaired) electrons. The maximum absolute atomic E-state index is 11.6. The zero-order valence-corrected chi connectivity index (χ0v) is 9.29. The summed E-state index contributed by atoms with van der Waals surface area (Å²) in [7, 11) is 0. The van der Waals surface area contributed by atoms with Crippen molar-refractivity contribution in [2.75, 3.05) is 11.9 Å². The van der Waals surface area contributed by atoms with E-state index in [4.69, 9.17) is 0 Å². The van der Waals surface area contributed by atoms with Crippen molar-refractivity contribution in [1.82, 2.24) is 19.9 Å². The summed E-state index contributed by atoms with van der Waals surface area (Å²) >= 11 is 0. The third-order valence-electron chi connectivity index (χ3n) is 2.91. The van der Waals surface area contributed by atoms with Gasteiger partial charge in [-0.3, -0.25) is 9.78 Å². The molecule has 0 saturated carbocycles. The minimum atomic E-state index is -0.199. The van der Waals surface area contributed by atoms with Gasteiger partial charge in [-0.1, -0.05) is 11.6 Å². The third kappa shape index (κ3) is 1.93. The summed E-state index contributed by atoms with van der Waals surface area (Å²) in [4.78, 5) is 25.3. The van der Waals surface area contributed by atoms with Gasteiger partial charge in [0.05, 0.1) is 6.33 Å². The highest BCUT2D eigenvalue weighted by molar-refractivity contribution is 5.69. The van der Waals surface area contributed by atoms with Crippen LogP contribution in [0.15, 0.2) is 22.8 Å². The smallest absolute Gasteiger partial charge is 0.278 e. The van der Waals surface area contributed by atoms with E-state index in [1.165, 1.54) is 18.3 Å². The number of hydrogen-bond donors (Lipinski definition) is 3. The van der Waals surface area contributed by atoms with E-state index >= 15 is 0 Å². The fourth-order valence-electron chi connectivity index (χ4n) is 2.02. The van der Waals surface area contributed by atoms with Gasteiger partial charge >= 0.3 is 0 Å². The fraction of sp³-hybridized carbons (Fsp3) is 0.364. The molecule has 0 saturated heterocycles. The first kappa shape index (κ1) is 10.1. The Morgan fingerprint density at radius 1 is 1.47 bits per heavy atom. The SMILES string of the molecule is O=c1[nH]c(NCC2=CCCC2)nc2nc[nH]c12. The molecule has 17 heavy (non-hydrogen) atoms. The Morgan fingerprint density at radius 2 is 2.41 bits per heavy atom. The van der Waals surface area contributed by atoms with Crippen molar-refractivity contribution in [2.45, 2.75) is 19.3 Å². The van der Waals surface area contributed by atoms with Gasteiger partial charge in [-0.25, -0.2) is 4.98 Å². The summed E-state index contributed by atoms with van der Waals surface area (Å²) in [5.41, 5.74) is 2.03. The largest absolute Gasteiger partial charge is 0.352 e. The van der Waals surface area contributed by atoms with Gasteiger partial charge in [-0.15, -0.1) is 0 Å². The van der Waals surface area contributed by atoms with Crippen LogP contribution >= 0.6 is 0 Å². The molecule has 2 heterocycles. The second kappa shape index (κ2) is 4.04. The number of fused-ring (bicyclic) bond motifs is 1. The van der Waals surface area contributed by atoms with E-state index < -0.39 is 0 Å². The normalized spacial score (nSPS) is 15.2. The van der Waals surface area contributed by atoms with Gasteiger partial charge in [0.2, 0.25) is 5.95 Å². The Kier molecular flexibility index (Phi) is 2.40. The molecule has 1 aliphatic rings. The summed E-state index contributed by atoms with van der Waals surface area (Å²) in [6, 6.07) is 0. The molecule has 0 amide bonds. The van der Waals surface area contributed by atoms with Crippen molar-refractivity contribution in [3.05, 3.63) is 28.3 Å². The summed E-state index contributed by atoms with van der Waals surface area (Å²) in [5.74, 6) is 0.474. The molecule has 0 fully saturated rings. The lowest BCUT2D eigenvalue weighted by atomic mass is 10.2. The molecule has 3 rings (SSSR count). The monoisotopic (exact) mass is 231 g/mol. The standard InChI is InChI=1S/C11H13N5O/c17-10-8-9(14-6-13-8)15-11(16-10)12-5-7-3-1-2-4-7/h3,6H,1-2,4-5H2,(H3,12,13,14,15,16,17). The number of imidazole rings is 1. The molecule has 2 aromatic rings. The number of nitrogens with zero attached hydrogens (tertiary/aromatic N) is 2. The molecule has 1 aliphatic carbocycles. The van der Waals surface area contributed by atoms with Crippen molar-refractivity contribution in [1.29, 1.82) is 0 Å². The minimum Gasteiger partial charge on any atom is -0.352 e. The van der Waals surface area contributed by atoms with E-state index in [9.17, 15) is 4.79 Å². The highest BCUT2D eigenvalue weighted by atomic mass is 16.1. The lowest BCUT2D eigenvalue weighted by molar-refractivity contribution is 0.894. The molecular formula is C11H13N5O. The molecule has 0 bridgehead atoms. The van der Waals surface area contributed by atoms with Gasteiger partial charge < -0.3 is 10.3 Å². The fourth-order valence-corrected chi connectivity index (χ4v) is 2.02. The zero-order valence-electron chi connectivity index (χ0n) is 9.29. The number of nitrogens with one attached hydrogen (secondary N) is 3. The average molecular weight is 231 g/mol. The van der Waals surface area contributed by atoms with Gasteiger partial charge in [0, 0.05) is 6.54 Å². The van der Waals surface area contributed by atoms with Crippen LogP contribution in [0.4, 0.5) is 5.95 Å². The van der Waals surface area contributed by atoms with Crippen LogP contribution in [0.3, 0.4) is 0 Å². The zero-order chi connectivity index (χ0) is 11.7. The van der Waals surface area contributed by atoms with Crippen LogP contribution in [0.1, 0.15) is 19.3 Å². The first-order valence-corrected chi connectivity index (χ1v) is 5.68. The van der Waals surface area contributed by atoms with Crippen LogP contribution in [0.2, 0.25) is 0 Å². The van der Waals surface area contributed by atoms with E-state index in [1.807, 2.05) is 0 Å². The number of rotatable bonds is 3. The van der Waals surface area contributed by atoms with Crippen molar-refractivity contribution in [3.8, 4) is 0 Å². The van der Waals surface area contributed by atoms with Crippen LogP contribution in [-0.2, 0) is 0 Å². The van der Waals surface area contributed by atoms with Gasteiger partial charge in [0.15, 0.2) is 11.2 Å². The highest BCUT2D eigenvalue weighted by Gasteiger charge is 2.07. The molecule has 0 aliphatic heterocycles. The number of H-pyrrole nitrogens is 2. The van der Waals surface area contributed by atoms with E-state index in [-0.39, 0.29) is 5.56 Å². The van der Waals surface area contributed by atoms with Crippen LogP contribution < -0.4 is 10.9 Å². The number of allylic oxidation sites excluding steroid dienone is 1. The predicted molar refractivity (Wildman–Crippen MR) is 64.9 cm³/mol. The molecule has 0 spiro atoms. The molecular weight excluding hydrogens is 218 g/mol. The second-order valence-corrected chi connectivity index (χ2v) is 4.12. The lowest BCUT2D eigenvalue weighted by Crippen LogP contribution is -2.14. The van der Waals surface area contributed by atoms with Crippen LogP contribution in [0, 0.1) is 0 Å². The molecule has 0 atom stereocenters. The Bertz CT molecular complexity index is 624. The van der Waals surface area contributed by atoms with E-state index in [0.29, 0.717) is 17.1 Å². The van der Waals surface area contributed by atoms with Crippen LogP contribution in [0.5, 0.6) is 0 Å². The Morgan fingerprint density at radius 3 is 3.24 bits per heavy atom. The van der Waals surface area contributed by atoms with Crippen LogP contribution in [-0.4, -0.2) is 26.5 Å². The van der Waals surface area contributed by atoms with Gasteiger partial charge in [0.25, 0.3) is 5.56 Å². The number of anilines is 1. The number of aromatic amines is 2. The van der Waals surface area contributed by atoms with E-state index in [1.54, 1.807) is 0 Å². The minimum absolute atomic E-state index is 0.199. The van der Waals surface area contributed by atoms with Crippen molar-refractivity contribution in [3.63, 3.8) is 0 Å². The number of hydrogen-bond acceptors (Lipinski definition) is 4. The third-order valence-corrected chi connectivity index (χ3v) is 2.91.